The van der Waals surface area contributed by atoms with Crippen molar-refractivity contribution in [3.63, 3.8) is 0 Å². The van der Waals surface area contributed by atoms with Crippen LogP contribution in [-0.2, 0) is 11.8 Å². The highest BCUT2D eigenvalue weighted by Crippen LogP contribution is 2.31. The van der Waals surface area contributed by atoms with Gasteiger partial charge in [0.2, 0.25) is 0 Å². The lowest BCUT2D eigenvalue weighted by atomic mass is 9.77. The topological polar surface area (TPSA) is 12.0 Å². The number of benzene rings is 1. The van der Waals surface area contributed by atoms with Crippen LogP contribution in [0, 0.1) is 5.92 Å². The number of rotatable bonds is 6. The summed E-state index contributed by atoms with van der Waals surface area (Å²) in [4.78, 5) is 0. The molecule has 0 heterocycles. The molecule has 112 valence electrons. The molecule has 1 nitrogen and oxygen atoms in total. The van der Waals surface area contributed by atoms with Gasteiger partial charge in [0.1, 0.15) is 0 Å². The summed E-state index contributed by atoms with van der Waals surface area (Å²) in [7, 11) is 0. The van der Waals surface area contributed by atoms with Crippen LogP contribution in [-0.4, -0.2) is 12.6 Å². The Morgan fingerprint density at radius 1 is 1.15 bits per heavy atom. The van der Waals surface area contributed by atoms with Gasteiger partial charge < -0.3 is 5.32 Å². The number of nitrogens with one attached hydrogen (secondary N) is 1. The van der Waals surface area contributed by atoms with E-state index < -0.39 is 0 Å². The molecule has 1 N–H and O–H groups in total. The van der Waals surface area contributed by atoms with Crippen LogP contribution in [0.15, 0.2) is 24.3 Å². The third kappa shape index (κ3) is 4.09. The van der Waals surface area contributed by atoms with Crippen molar-refractivity contribution < 1.29 is 0 Å². The standard InChI is InChI=1S/C19H31N/c1-5-13-20-18(16-7-6-8-16)14-15-9-11-17(12-10-15)19(2,3)4/h9-12,16,18,20H,5-8,13-14H2,1-4H3. The lowest BCUT2D eigenvalue weighted by molar-refractivity contribution is 0.227. The highest BCUT2D eigenvalue weighted by molar-refractivity contribution is 5.28. The second-order valence-corrected chi connectivity index (χ2v) is 7.40. The number of hydrogen-bond acceptors (Lipinski definition) is 1. The zero-order chi connectivity index (χ0) is 14.6. The molecule has 1 aromatic carbocycles. The summed E-state index contributed by atoms with van der Waals surface area (Å²) in [6.45, 7) is 10.2. The van der Waals surface area contributed by atoms with E-state index in [0.29, 0.717) is 6.04 Å². The minimum atomic E-state index is 0.256. The normalized spacial score (nSPS) is 17.8. The fourth-order valence-corrected chi connectivity index (χ4v) is 2.97. The summed E-state index contributed by atoms with van der Waals surface area (Å²) in [5.41, 5.74) is 3.17. The van der Waals surface area contributed by atoms with Crippen molar-refractivity contribution in [2.75, 3.05) is 6.54 Å². The second-order valence-electron chi connectivity index (χ2n) is 7.40. The smallest absolute Gasteiger partial charge is 0.0136 e. The highest BCUT2D eigenvalue weighted by atomic mass is 14.9. The van der Waals surface area contributed by atoms with Crippen molar-refractivity contribution in [1.29, 1.82) is 0 Å². The predicted molar refractivity (Wildman–Crippen MR) is 88.3 cm³/mol. The van der Waals surface area contributed by atoms with Crippen LogP contribution in [0.5, 0.6) is 0 Å². The molecule has 2 rings (SSSR count). The molecule has 0 aliphatic heterocycles. The van der Waals surface area contributed by atoms with E-state index in [2.05, 4.69) is 57.3 Å². The molecule has 1 saturated carbocycles. The summed E-state index contributed by atoms with van der Waals surface area (Å²) in [5, 5.41) is 3.76. The van der Waals surface area contributed by atoms with Crippen LogP contribution >= 0.6 is 0 Å². The Kier molecular flexibility index (Phi) is 5.26. The first-order chi connectivity index (χ1) is 9.50. The summed E-state index contributed by atoms with van der Waals surface area (Å²) in [6.07, 6.45) is 6.68. The molecule has 0 aromatic heterocycles. The van der Waals surface area contributed by atoms with Crippen molar-refractivity contribution in [1.82, 2.24) is 5.32 Å². The molecule has 1 aliphatic rings. The van der Waals surface area contributed by atoms with Crippen LogP contribution < -0.4 is 5.32 Å². The molecule has 1 heteroatoms. The minimum Gasteiger partial charge on any atom is -0.313 e. The van der Waals surface area contributed by atoms with Gasteiger partial charge in [0.05, 0.1) is 0 Å². The van der Waals surface area contributed by atoms with E-state index in [9.17, 15) is 0 Å². The fourth-order valence-electron chi connectivity index (χ4n) is 2.97. The first-order valence-corrected chi connectivity index (χ1v) is 8.33. The summed E-state index contributed by atoms with van der Waals surface area (Å²) in [5.74, 6) is 0.906. The first-order valence-electron chi connectivity index (χ1n) is 8.33. The van der Waals surface area contributed by atoms with Crippen LogP contribution in [0.4, 0.5) is 0 Å². The van der Waals surface area contributed by atoms with E-state index in [-0.39, 0.29) is 5.41 Å². The van der Waals surface area contributed by atoms with Gasteiger partial charge in [0.15, 0.2) is 0 Å². The van der Waals surface area contributed by atoms with Gasteiger partial charge in [-0.3, -0.25) is 0 Å². The quantitative estimate of drug-likeness (QED) is 0.792. The van der Waals surface area contributed by atoms with Crippen LogP contribution in [0.25, 0.3) is 0 Å². The second kappa shape index (κ2) is 6.76. The Balaban J connectivity index is 1.98. The highest BCUT2D eigenvalue weighted by Gasteiger charge is 2.26. The predicted octanol–water partition coefficient (Wildman–Crippen LogP) is 4.69. The molecule has 1 fully saturated rings. The Morgan fingerprint density at radius 2 is 1.80 bits per heavy atom. The van der Waals surface area contributed by atoms with E-state index in [4.69, 9.17) is 0 Å². The van der Waals surface area contributed by atoms with Gasteiger partial charge in [0, 0.05) is 6.04 Å². The van der Waals surface area contributed by atoms with Crippen LogP contribution in [0.2, 0.25) is 0 Å². The molecule has 0 bridgehead atoms. The van der Waals surface area contributed by atoms with E-state index >= 15 is 0 Å². The SMILES string of the molecule is CCCNC(Cc1ccc(C(C)(C)C)cc1)C1CCC1. The largest absolute Gasteiger partial charge is 0.313 e. The maximum atomic E-state index is 3.76. The summed E-state index contributed by atoms with van der Waals surface area (Å²) in [6, 6.07) is 9.98. The third-order valence-electron chi connectivity index (χ3n) is 4.65. The lowest BCUT2D eigenvalue weighted by Gasteiger charge is -2.34. The molecule has 1 aromatic rings. The van der Waals surface area contributed by atoms with Crippen LogP contribution in [0.3, 0.4) is 0 Å². The van der Waals surface area contributed by atoms with Crippen molar-refractivity contribution in [2.45, 2.75) is 71.3 Å². The fraction of sp³-hybridized carbons (Fsp3) is 0.684. The van der Waals surface area contributed by atoms with Gasteiger partial charge in [-0.2, -0.15) is 0 Å². The minimum absolute atomic E-state index is 0.256. The van der Waals surface area contributed by atoms with E-state index in [0.717, 1.165) is 12.5 Å². The molecule has 1 aliphatic carbocycles. The Hall–Kier alpha value is -0.820. The molecule has 20 heavy (non-hydrogen) atoms. The average molecular weight is 273 g/mol. The summed E-state index contributed by atoms with van der Waals surface area (Å²) >= 11 is 0. The zero-order valence-corrected chi connectivity index (χ0v) is 13.7. The average Bonchev–Trinajstić information content (AvgIpc) is 2.33. The Morgan fingerprint density at radius 3 is 2.25 bits per heavy atom. The van der Waals surface area contributed by atoms with E-state index in [1.807, 2.05) is 0 Å². The van der Waals surface area contributed by atoms with Crippen molar-refractivity contribution in [3.8, 4) is 0 Å². The van der Waals surface area contributed by atoms with Gasteiger partial charge in [-0.15, -0.1) is 0 Å². The first kappa shape index (κ1) is 15.6. The van der Waals surface area contributed by atoms with E-state index in [1.165, 1.54) is 43.2 Å². The van der Waals surface area contributed by atoms with Gasteiger partial charge in [0.25, 0.3) is 0 Å². The molecule has 0 radical (unpaired) electrons. The van der Waals surface area contributed by atoms with E-state index in [1.54, 1.807) is 0 Å². The zero-order valence-electron chi connectivity index (χ0n) is 13.7. The van der Waals surface area contributed by atoms with Crippen LogP contribution in [0.1, 0.15) is 64.5 Å². The molecular formula is C19H31N. The van der Waals surface area contributed by atoms with Crippen molar-refractivity contribution >= 4 is 0 Å². The molecule has 1 unspecified atom stereocenters. The maximum absolute atomic E-state index is 3.76. The summed E-state index contributed by atoms with van der Waals surface area (Å²) < 4.78 is 0. The molecule has 0 amide bonds. The van der Waals surface area contributed by atoms with Gasteiger partial charge in [-0.25, -0.2) is 0 Å². The third-order valence-corrected chi connectivity index (χ3v) is 4.65. The van der Waals surface area contributed by atoms with Crippen molar-refractivity contribution in [3.05, 3.63) is 35.4 Å². The Bertz CT molecular complexity index is 395. The maximum Gasteiger partial charge on any atom is 0.0136 e. The number of hydrogen-bond donors (Lipinski definition) is 1. The van der Waals surface area contributed by atoms with Crippen molar-refractivity contribution in [2.24, 2.45) is 5.92 Å². The Labute approximate surface area is 125 Å². The van der Waals surface area contributed by atoms with Gasteiger partial charge in [-0.1, -0.05) is 58.4 Å². The molecular weight excluding hydrogens is 242 g/mol. The monoisotopic (exact) mass is 273 g/mol. The van der Waals surface area contributed by atoms with Gasteiger partial charge >= 0.3 is 0 Å². The molecule has 1 atom stereocenters. The lowest BCUT2D eigenvalue weighted by Crippen LogP contribution is -2.41. The van der Waals surface area contributed by atoms with Gasteiger partial charge in [-0.05, 0) is 54.7 Å². The molecule has 0 spiro atoms. The molecule has 0 saturated heterocycles.